The van der Waals surface area contributed by atoms with E-state index in [1.807, 2.05) is 0 Å². The number of alkyl halides is 3. The Hall–Kier alpha value is -2.68. The lowest BCUT2D eigenvalue weighted by Crippen LogP contribution is -2.12. The summed E-state index contributed by atoms with van der Waals surface area (Å²) in [5, 5.41) is 13.1. The van der Waals surface area contributed by atoms with Crippen molar-refractivity contribution in [3.63, 3.8) is 0 Å². The Labute approximate surface area is 151 Å². The SMILES string of the molecule is Cc1ccsc1C(=O)/C(=C\N(C)C)c1ccc(C(F)(F)F)cc1[N+](=O)[O-]. The summed E-state index contributed by atoms with van der Waals surface area (Å²) in [5.74, 6) is -0.478. The smallest absolute Gasteiger partial charge is 0.383 e. The van der Waals surface area contributed by atoms with Crippen molar-refractivity contribution in [2.24, 2.45) is 0 Å². The summed E-state index contributed by atoms with van der Waals surface area (Å²) in [4.78, 5) is 25.2. The molecule has 0 saturated heterocycles. The number of nitrogens with zero attached hydrogens (tertiary/aromatic N) is 2. The van der Waals surface area contributed by atoms with Crippen LogP contribution in [-0.4, -0.2) is 29.7 Å². The molecule has 0 aliphatic heterocycles. The Morgan fingerprint density at radius 1 is 1.27 bits per heavy atom. The van der Waals surface area contributed by atoms with E-state index in [1.165, 1.54) is 22.4 Å². The largest absolute Gasteiger partial charge is 0.416 e. The van der Waals surface area contributed by atoms with Gasteiger partial charge in [0.1, 0.15) is 0 Å². The monoisotopic (exact) mass is 384 g/mol. The van der Waals surface area contributed by atoms with Gasteiger partial charge in [0.2, 0.25) is 5.78 Å². The Morgan fingerprint density at radius 2 is 1.92 bits per heavy atom. The van der Waals surface area contributed by atoms with E-state index >= 15 is 0 Å². The summed E-state index contributed by atoms with van der Waals surface area (Å²) >= 11 is 1.17. The molecule has 2 rings (SSSR count). The van der Waals surface area contributed by atoms with E-state index < -0.39 is 28.1 Å². The first-order chi connectivity index (χ1) is 12.0. The number of halogens is 3. The van der Waals surface area contributed by atoms with E-state index in [1.54, 1.807) is 32.5 Å². The molecular weight excluding hydrogens is 369 g/mol. The lowest BCUT2D eigenvalue weighted by molar-refractivity contribution is -0.385. The fraction of sp³-hybridized carbons (Fsp3) is 0.235. The van der Waals surface area contributed by atoms with Crippen molar-refractivity contribution in [1.29, 1.82) is 0 Å². The fourth-order valence-corrected chi connectivity index (χ4v) is 3.20. The van der Waals surface area contributed by atoms with E-state index in [0.717, 1.165) is 12.1 Å². The van der Waals surface area contributed by atoms with Crippen LogP contribution in [0.2, 0.25) is 0 Å². The number of benzene rings is 1. The second kappa shape index (κ2) is 7.28. The number of ketones is 1. The molecule has 5 nitrogen and oxygen atoms in total. The number of carbonyl (C=O) groups excluding carboxylic acids is 1. The van der Waals surface area contributed by atoms with E-state index in [-0.39, 0.29) is 11.1 Å². The molecule has 0 aliphatic rings. The third-order valence-electron chi connectivity index (χ3n) is 3.51. The fourth-order valence-electron chi connectivity index (χ4n) is 2.32. The lowest BCUT2D eigenvalue weighted by Gasteiger charge is -2.13. The normalized spacial score (nSPS) is 12.2. The van der Waals surface area contributed by atoms with Gasteiger partial charge in [-0.3, -0.25) is 14.9 Å². The summed E-state index contributed by atoms with van der Waals surface area (Å²) in [6, 6.07) is 3.89. The zero-order valence-corrected chi connectivity index (χ0v) is 14.9. The van der Waals surface area contributed by atoms with Crippen LogP contribution in [0.25, 0.3) is 5.57 Å². The average molecular weight is 384 g/mol. The Kier molecular flexibility index (Phi) is 5.50. The zero-order chi connectivity index (χ0) is 19.6. The molecule has 0 N–H and O–H groups in total. The molecule has 1 heterocycles. The van der Waals surface area contributed by atoms with Crippen LogP contribution in [0, 0.1) is 17.0 Å². The van der Waals surface area contributed by atoms with Gasteiger partial charge in [-0.2, -0.15) is 13.2 Å². The molecule has 1 aromatic heterocycles. The van der Waals surface area contributed by atoms with E-state index in [0.29, 0.717) is 16.5 Å². The number of carbonyl (C=O) groups is 1. The number of rotatable bonds is 5. The first-order valence-electron chi connectivity index (χ1n) is 7.35. The van der Waals surface area contributed by atoms with E-state index in [2.05, 4.69) is 0 Å². The molecule has 0 saturated carbocycles. The van der Waals surface area contributed by atoms with Gasteiger partial charge in [0.05, 0.1) is 26.5 Å². The van der Waals surface area contributed by atoms with Crippen LogP contribution in [0.15, 0.2) is 35.8 Å². The standard InChI is InChI=1S/C17H15F3N2O3S/c1-10-6-7-26-16(10)15(23)13(9-21(2)3)12-5-4-11(17(18,19)20)8-14(12)22(24)25/h4-9H,1-3H3/b13-9-. The Morgan fingerprint density at radius 3 is 2.38 bits per heavy atom. The average Bonchev–Trinajstić information content (AvgIpc) is 2.96. The molecule has 1 aromatic carbocycles. The van der Waals surface area contributed by atoms with Crippen LogP contribution < -0.4 is 0 Å². The number of nitro benzene ring substituents is 1. The number of hydrogen-bond acceptors (Lipinski definition) is 5. The maximum atomic E-state index is 12.9. The minimum absolute atomic E-state index is 0.0408. The van der Waals surface area contributed by atoms with Crippen molar-refractivity contribution in [3.8, 4) is 0 Å². The molecule has 0 radical (unpaired) electrons. The quantitative estimate of drug-likeness (QED) is 0.322. The van der Waals surface area contributed by atoms with Gasteiger partial charge >= 0.3 is 6.18 Å². The molecule has 26 heavy (non-hydrogen) atoms. The number of aryl methyl sites for hydroxylation is 1. The number of nitro groups is 1. The summed E-state index contributed by atoms with van der Waals surface area (Å²) < 4.78 is 38.7. The van der Waals surface area contributed by atoms with Gasteiger partial charge in [0.25, 0.3) is 5.69 Å². The van der Waals surface area contributed by atoms with Crippen LogP contribution >= 0.6 is 11.3 Å². The van der Waals surface area contributed by atoms with Crippen LogP contribution in [0.3, 0.4) is 0 Å². The molecule has 138 valence electrons. The van der Waals surface area contributed by atoms with Crippen molar-refractivity contribution in [2.75, 3.05) is 14.1 Å². The highest BCUT2D eigenvalue weighted by Gasteiger charge is 2.34. The highest BCUT2D eigenvalue weighted by atomic mass is 32.1. The van der Waals surface area contributed by atoms with Crippen LogP contribution in [0.1, 0.15) is 26.4 Å². The molecule has 0 spiro atoms. The van der Waals surface area contributed by atoms with Gasteiger partial charge in [-0.15, -0.1) is 11.3 Å². The molecule has 0 unspecified atom stereocenters. The number of allylic oxidation sites excluding steroid dienone is 1. The topological polar surface area (TPSA) is 63.5 Å². The van der Waals surface area contributed by atoms with Gasteiger partial charge in [0.15, 0.2) is 0 Å². The van der Waals surface area contributed by atoms with Crippen molar-refractivity contribution in [1.82, 2.24) is 4.90 Å². The van der Waals surface area contributed by atoms with Gasteiger partial charge in [-0.1, -0.05) is 0 Å². The molecule has 9 heteroatoms. The molecule has 0 fully saturated rings. The third kappa shape index (κ3) is 4.10. The summed E-state index contributed by atoms with van der Waals surface area (Å²) in [5.41, 5.74) is -1.41. The predicted octanol–water partition coefficient (Wildman–Crippen LogP) is 4.77. The Bertz CT molecular complexity index is 886. The van der Waals surface area contributed by atoms with Gasteiger partial charge < -0.3 is 4.90 Å². The van der Waals surface area contributed by atoms with Gasteiger partial charge in [0, 0.05) is 26.4 Å². The second-order valence-electron chi connectivity index (χ2n) is 5.76. The number of thiophene rings is 1. The second-order valence-corrected chi connectivity index (χ2v) is 6.67. The third-order valence-corrected chi connectivity index (χ3v) is 4.53. The summed E-state index contributed by atoms with van der Waals surface area (Å²) in [7, 11) is 3.23. The van der Waals surface area contributed by atoms with Crippen molar-refractivity contribution in [3.05, 3.63) is 67.5 Å². The van der Waals surface area contributed by atoms with Crippen molar-refractivity contribution >= 4 is 28.4 Å². The summed E-state index contributed by atoms with van der Waals surface area (Å²) in [6.45, 7) is 1.72. The van der Waals surface area contributed by atoms with Crippen LogP contribution in [-0.2, 0) is 6.18 Å². The van der Waals surface area contributed by atoms with Gasteiger partial charge in [-0.05, 0) is 36.1 Å². The van der Waals surface area contributed by atoms with E-state index in [9.17, 15) is 28.1 Å². The minimum Gasteiger partial charge on any atom is -0.383 e. The molecule has 0 bridgehead atoms. The molecule has 0 atom stereocenters. The molecule has 0 amide bonds. The van der Waals surface area contributed by atoms with E-state index in [4.69, 9.17) is 0 Å². The number of hydrogen-bond donors (Lipinski definition) is 0. The lowest BCUT2D eigenvalue weighted by atomic mass is 9.97. The predicted molar refractivity (Wildman–Crippen MR) is 93.1 cm³/mol. The first-order valence-corrected chi connectivity index (χ1v) is 8.23. The summed E-state index contributed by atoms with van der Waals surface area (Å²) in [6.07, 6.45) is -3.35. The highest BCUT2D eigenvalue weighted by molar-refractivity contribution is 7.12. The number of Topliss-reactive ketones (excluding diaryl/α,β-unsaturated/α-hetero) is 1. The maximum Gasteiger partial charge on any atom is 0.416 e. The molecule has 0 aliphatic carbocycles. The maximum absolute atomic E-state index is 12.9. The zero-order valence-electron chi connectivity index (χ0n) is 14.1. The highest BCUT2D eigenvalue weighted by Crippen LogP contribution is 2.36. The van der Waals surface area contributed by atoms with Gasteiger partial charge in [-0.25, -0.2) is 0 Å². The van der Waals surface area contributed by atoms with Crippen molar-refractivity contribution < 1.29 is 22.9 Å². The molecular formula is C17H15F3N2O3S. The molecule has 2 aromatic rings. The first kappa shape index (κ1) is 19.6. The minimum atomic E-state index is -4.72. The van der Waals surface area contributed by atoms with Crippen molar-refractivity contribution in [2.45, 2.75) is 13.1 Å². The van der Waals surface area contributed by atoms with Crippen LogP contribution in [0.4, 0.5) is 18.9 Å². The Balaban J connectivity index is 2.68. The van der Waals surface area contributed by atoms with Crippen LogP contribution in [0.5, 0.6) is 0 Å².